The lowest BCUT2D eigenvalue weighted by atomic mass is 10.2. The van der Waals surface area contributed by atoms with E-state index in [0.29, 0.717) is 5.82 Å². The lowest BCUT2D eigenvalue weighted by molar-refractivity contribution is 1.10. The Kier molecular flexibility index (Phi) is 1.94. The molecule has 0 unspecified atom stereocenters. The first kappa shape index (κ1) is 9.35. The fourth-order valence-electron chi connectivity index (χ4n) is 1.73. The van der Waals surface area contributed by atoms with E-state index < -0.39 is 0 Å². The summed E-state index contributed by atoms with van der Waals surface area (Å²) in [6.45, 7) is 2.05. The first-order chi connectivity index (χ1) is 7.74. The van der Waals surface area contributed by atoms with Gasteiger partial charge in [-0.1, -0.05) is 0 Å². The van der Waals surface area contributed by atoms with Crippen molar-refractivity contribution in [3.63, 3.8) is 0 Å². The van der Waals surface area contributed by atoms with E-state index in [-0.39, 0.29) is 0 Å². The molecule has 0 aliphatic heterocycles. The molecule has 4 nitrogen and oxygen atoms in total. The third-order valence-electron chi connectivity index (χ3n) is 2.45. The topological polar surface area (TPSA) is 67.6 Å². The van der Waals surface area contributed by atoms with Crippen LogP contribution in [0, 0.1) is 6.92 Å². The number of fused-ring (bicyclic) bond motifs is 1. The van der Waals surface area contributed by atoms with Crippen molar-refractivity contribution in [3.8, 4) is 10.6 Å². The van der Waals surface area contributed by atoms with Crippen LogP contribution in [-0.4, -0.2) is 15.2 Å². The standard InChI is InChI=1S/C11H10N4S/c1-6-4-10(12)14-8-5-9(16-11(6)8)7-2-3-13-15-7/h2-5H,1H3,(H2,12,14)(H,13,15). The average Bonchev–Trinajstić information content (AvgIpc) is 2.82. The van der Waals surface area contributed by atoms with Gasteiger partial charge in [-0.2, -0.15) is 5.10 Å². The molecule has 3 heterocycles. The number of H-pyrrole nitrogens is 1. The van der Waals surface area contributed by atoms with Gasteiger partial charge in [-0.15, -0.1) is 11.3 Å². The molecule has 3 aromatic heterocycles. The molecule has 80 valence electrons. The molecule has 0 aromatic carbocycles. The van der Waals surface area contributed by atoms with E-state index in [1.807, 2.05) is 25.1 Å². The van der Waals surface area contributed by atoms with Crippen LogP contribution < -0.4 is 5.73 Å². The lowest BCUT2D eigenvalue weighted by Crippen LogP contribution is -1.89. The Bertz CT molecular complexity index is 639. The van der Waals surface area contributed by atoms with Crippen LogP contribution in [-0.2, 0) is 0 Å². The maximum absolute atomic E-state index is 5.73. The van der Waals surface area contributed by atoms with Crippen LogP contribution in [0.5, 0.6) is 0 Å². The average molecular weight is 230 g/mol. The Balaban J connectivity index is 2.27. The second-order valence-electron chi connectivity index (χ2n) is 3.66. The first-order valence-electron chi connectivity index (χ1n) is 4.90. The van der Waals surface area contributed by atoms with E-state index >= 15 is 0 Å². The Morgan fingerprint density at radius 2 is 2.25 bits per heavy atom. The van der Waals surface area contributed by atoms with E-state index in [0.717, 1.165) is 16.1 Å². The van der Waals surface area contributed by atoms with Gasteiger partial charge in [0.25, 0.3) is 0 Å². The zero-order valence-electron chi connectivity index (χ0n) is 8.69. The highest BCUT2D eigenvalue weighted by atomic mass is 32.1. The number of hydrogen-bond acceptors (Lipinski definition) is 4. The zero-order chi connectivity index (χ0) is 11.1. The van der Waals surface area contributed by atoms with E-state index in [4.69, 9.17) is 5.73 Å². The Morgan fingerprint density at radius 3 is 3.00 bits per heavy atom. The number of aryl methyl sites for hydroxylation is 1. The molecule has 0 saturated carbocycles. The van der Waals surface area contributed by atoms with Crippen molar-refractivity contribution in [2.75, 3.05) is 5.73 Å². The van der Waals surface area contributed by atoms with Crippen LogP contribution in [0.15, 0.2) is 24.4 Å². The summed E-state index contributed by atoms with van der Waals surface area (Å²) in [5, 5.41) is 6.90. The SMILES string of the molecule is Cc1cc(N)nc2cc(-c3ccn[nH]3)sc12. The fraction of sp³-hybridized carbons (Fsp3) is 0.0909. The lowest BCUT2D eigenvalue weighted by Gasteiger charge is -1.96. The summed E-state index contributed by atoms with van der Waals surface area (Å²) in [6, 6.07) is 5.88. The number of thiophene rings is 1. The molecule has 0 spiro atoms. The van der Waals surface area contributed by atoms with Crippen molar-refractivity contribution in [2.45, 2.75) is 6.92 Å². The van der Waals surface area contributed by atoms with E-state index in [2.05, 4.69) is 15.2 Å². The van der Waals surface area contributed by atoms with Crippen LogP contribution in [0.4, 0.5) is 5.82 Å². The second-order valence-corrected chi connectivity index (χ2v) is 4.71. The van der Waals surface area contributed by atoms with Crippen molar-refractivity contribution < 1.29 is 0 Å². The predicted molar refractivity (Wildman–Crippen MR) is 66.4 cm³/mol. The molecule has 3 rings (SSSR count). The smallest absolute Gasteiger partial charge is 0.124 e. The summed E-state index contributed by atoms with van der Waals surface area (Å²) in [6.07, 6.45) is 1.74. The van der Waals surface area contributed by atoms with Gasteiger partial charge in [0.05, 0.1) is 20.8 Å². The van der Waals surface area contributed by atoms with Crippen LogP contribution >= 0.6 is 11.3 Å². The molecule has 0 radical (unpaired) electrons. The van der Waals surface area contributed by atoms with Gasteiger partial charge < -0.3 is 5.73 Å². The van der Waals surface area contributed by atoms with Crippen LogP contribution in [0.2, 0.25) is 0 Å². The number of pyridine rings is 1. The van der Waals surface area contributed by atoms with E-state index in [9.17, 15) is 0 Å². The van der Waals surface area contributed by atoms with Gasteiger partial charge in [0.15, 0.2) is 0 Å². The largest absolute Gasteiger partial charge is 0.384 e. The summed E-state index contributed by atoms with van der Waals surface area (Å²) in [4.78, 5) is 5.45. The molecule has 0 aliphatic rings. The monoisotopic (exact) mass is 230 g/mol. The molecule has 3 N–H and O–H groups in total. The van der Waals surface area contributed by atoms with Crippen molar-refractivity contribution in [3.05, 3.63) is 30.0 Å². The molecule has 16 heavy (non-hydrogen) atoms. The maximum atomic E-state index is 5.73. The van der Waals surface area contributed by atoms with Gasteiger partial charge >= 0.3 is 0 Å². The molecule has 0 bridgehead atoms. The van der Waals surface area contributed by atoms with Crippen molar-refractivity contribution in [1.82, 2.24) is 15.2 Å². The normalized spacial score (nSPS) is 11.1. The number of nitrogens with zero attached hydrogens (tertiary/aromatic N) is 2. The Morgan fingerprint density at radius 1 is 1.38 bits per heavy atom. The zero-order valence-corrected chi connectivity index (χ0v) is 9.51. The van der Waals surface area contributed by atoms with Crippen molar-refractivity contribution in [2.24, 2.45) is 0 Å². The molecular weight excluding hydrogens is 220 g/mol. The molecule has 0 saturated heterocycles. The summed E-state index contributed by atoms with van der Waals surface area (Å²) in [7, 11) is 0. The van der Waals surface area contributed by atoms with Gasteiger partial charge in [-0.3, -0.25) is 5.10 Å². The van der Waals surface area contributed by atoms with Crippen molar-refractivity contribution in [1.29, 1.82) is 0 Å². The molecular formula is C11H10N4S. The number of nitrogens with two attached hydrogens (primary N) is 1. The Hall–Kier alpha value is -1.88. The summed E-state index contributed by atoms with van der Waals surface area (Å²) in [5.74, 6) is 0.568. The molecule has 0 aliphatic carbocycles. The number of nitrogen functional groups attached to an aromatic ring is 1. The number of aromatic nitrogens is 3. The van der Waals surface area contributed by atoms with E-state index in [1.54, 1.807) is 17.5 Å². The minimum absolute atomic E-state index is 0.568. The maximum Gasteiger partial charge on any atom is 0.124 e. The highest BCUT2D eigenvalue weighted by Crippen LogP contribution is 2.33. The van der Waals surface area contributed by atoms with Gasteiger partial charge in [-0.05, 0) is 30.7 Å². The number of rotatable bonds is 1. The minimum Gasteiger partial charge on any atom is -0.384 e. The van der Waals surface area contributed by atoms with Gasteiger partial charge in [0.2, 0.25) is 0 Å². The molecule has 0 amide bonds. The van der Waals surface area contributed by atoms with Gasteiger partial charge in [0.1, 0.15) is 5.82 Å². The molecule has 3 aromatic rings. The Labute approximate surface area is 96.1 Å². The highest BCUT2D eigenvalue weighted by Gasteiger charge is 2.08. The number of anilines is 1. The second kappa shape index (κ2) is 3.31. The van der Waals surface area contributed by atoms with Crippen molar-refractivity contribution >= 4 is 27.4 Å². The number of hydrogen-bond donors (Lipinski definition) is 2. The summed E-state index contributed by atoms with van der Waals surface area (Å²) in [5.41, 5.74) is 8.86. The van der Waals surface area contributed by atoms with Gasteiger partial charge in [0, 0.05) is 6.20 Å². The first-order valence-corrected chi connectivity index (χ1v) is 5.72. The number of aromatic amines is 1. The minimum atomic E-state index is 0.568. The van der Waals surface area contributed by atoms with Crippen LogP contribution in [0.25, 0.3) is 20.8 Å². The van der Waals surface area contributed by atoms with E-state index in [1.165, 1.54) is 10.3 Å². The summed E-state index contributed by atoms with van der Waals surface area (Å²) < 4.78 is 1.18. The predicted octanol–water partition coefficient (Wildman–Crippen LogP) is 2.58. The quantitative estimate of drug-likeness (QED) is 0.675. The molecule has 0 fully saturated rings. The molecule has 5 heteroatoms. The van der Waals surface area contributed by atoms with Crippen LogP contribution in [0.3, 0.4) is 0 Å². The third kappa shape index (κ3) is 1.37. The highest BCUT2D eigenvalue weighted by molar-refractivity contribution is 7.22. The molecule has 0 atom stereocenters. The number of nitrogens with one attached hydrogen (secondary N) is 1. The third-order valence-corrected chi connectivity index (χ3v) is 3.74. The summed E-state index contributed by atoms with van der Waals surface area (Å²) >= 11 is 1.70. The fourth-order valence-corrected chi connectivity index (χ4v) is 2.77. The van der Waals surface area contributed by atoms with Gasteiger partial charge in [-0.25, -0.2) is 4.98 Å². The van der Waals surface area contributed by atoms with Crippen LogP contribution in [0.1, 0.15) is 5.56 Å².